The molecule has 6 rings (SSSR count). The molecule has 43 heavy (non-hydrogen) atoms. The van der Waals surface area contributed by atoms with E-state index in [1.165, 1.54) is 28.8 Å². The number of nitrogens with one attached hydrogen (secondary N) is 1. The number of aromatic nitrogens is 3. The van der Waals surface area contributed by atoms with Crippen LogP contribution in [-0.2, 0) is 16.1 Å². The van der Waals surface area contributed by atoms with E-state index in [4.69, 9.17) is 9.84 Å². The number of hydrogen-bond donors (Lipinski definition) is 1. The molecule has 1 aliphatic heterocycles. The summed E-state index contributed by atoms with van der Waals surface area (Å²) in [7, 11) is 1.60. The normalized spacial score (nSPS) is 14.6. The summed E-state index contributed by atoms with van der Waals surface area (Å²) in [4.78, 5) is 32.7. The highest BCUT2D eigenvalue weighted by Crippen LogP contribution is 2.48. The zero-order valence-electron chi connectivity index (χ0n) is 23.3. The zero-order valence-corrected chi connectivity index (χ0v) is 24.1. The minimum absolute atomic E-state index is 0.116. The molecule has 0 aliphatic carbocycles. The van der Waals surface area contributed by atoms with Crippen molar-refractivity contribution < 1.29 is 18.7 Å². The smallest absolute Gasteiger partial charge is 0.240 e. The molecule has 2 aromatic heterocycles. The summed E-state index contributed by atoms with van der Waals surface area (Å²) >= 11 is 1.43. The van der Waals surface area contributed by atoms with Gasteiger partial charge in [0, 0.05) is 30.1 Å². The second kappa shape index (κ2) is 12.5. The lowest BCUT2D eigenvalue weighted by Crippen LogP contribution is -2.42. The number of methoxy groups -OCH3 is 1. The molecule has 0 fully saturated rings. The Morgan fingerprint density at radius 2 is 1.72 bits per heavy atom. The van der Waals surface area contributed by atoms with Crippen LogP contribution in [0, 0.1) is 5.82 Å². The van der Waals surface area contributed by atoms with Crippen LogP contribution in [0.5, 0.6) is 5.75 Å². The van der Waals surface area contributed by atoms with E-state index < -0.39 is 0 Å². The largest absolute Gasteiger partial charge is 0.497 e. The number of pyridine rings is 1. The summed E-state index contributed by atoms with van der Waals surface area (Å²) in [5.74, 6) is 0.393. The highest BCUT2D eigenvalue weighted by Gasteiger charge is 2.37. The minimum atomic E-state index is -0.355. The quantitative estimate of drug-likeness (QED) is 0.253. The number of anilines is 1. The minimum Gasteiger partial charge on any atom is -0.497 e. The maximum Gasteiger partial charge on any atom is 0.240 e. The van der Waals surface area contributed by atoms with Crippen LogP contribution in [0.1, 0.15) is 21.9 Å². The molecule has 1 atom stereocenters. The number of hydrogen-bond acceptors (Lipinski definition) is 6. The van der Waals surface area contributed by atoms with Crippen LogP contribution in [0.15, 0.2) is 103 Å². The standard InChI is InChI=1S/C33H28FN5O3S/c1-42-27-13-11-26(12-14-27)39-33-30(31(37-39)23-5-3-2-4-6-23)32(24-7-9-25(34)10-8-24)43-21-29(41)38(33)20-28(40)36-19-22-15-17-35-18-16-22/h2-18,32H,19-21H2,1H3,(H,36,40). The van der Waals surface area contributed by atoms with Crippen LogP contribution in [-0.4, -0.2) is 46.0 Å². The molecule has 216 valence electrons. The van der Waals surface area contributed by atoms with Crippen molar-refractivity contribution in [1.29, 1.82) is 0 Å². The molecule has 8 nitrogen and oxygen atoms in total. The first-order valence-electron chi connectivity index (χ1n) is 13.7. The first kappa shape index (κ1) is 28.2. The number of carbonyl (C=O) groups excluding carboxylic acids is 2. The summed E-state index contributed by atoms with van der Waals surface area (Å²) in [6, 6.07) is 27.0. The Labute approximate surface area is 252 Å². The van der Waals surface area contributed by atoms with Crippen LogP contribution in [0.25, 0.3) is 16.9 Å². The molecule has 0 radical (unpaired) electrons. The monoisotopic (exact) mass is 593 g/mol. The molecule has 1 N–H and O–H groups in total. The average molecular weight is 594 g/mol. The van der Waals surface area contributed by atoms with Crippen LogP contribution < -0.4 is 15.0 Å². The molecular formula is C33H28FN5O3S. The van der Waals surface area contributed by atoms with E-state index in [1.54, 1.807) is 36.3 Å². The van der Waals surface area contributed by atoms with E-state index in [2.05, 4.69) is 10.3 Å². The average Bonchev–Trinajstić information content (AvgIpc) is 3.38. The van der Waals surface area contributed by atoms with Gasteiger partial charge in [0.2, 0.25) is 11.8 Å². The Kier molecular flexibility index (Phi) is 8.19. The number of thioether (sulfide) groups is 1. The number of rotatable bonds is 8. The van der Waals surface area contributed by atoms with Crippen molar-refractivity contribution >= 4 is 29.4 Å². The summed E-state index contributed by atoms with van der Waals surface area (Å²) < 4.78 is 21.1. The van der Waals surface area contributed by atoms with Crippen LogP contribution in [0.2, 0.25) is 0 Å². The zero-order chi connectivity index (χ0) is 29.8. The second-order valence-corrected chi connectivity index (χ2v) is 11.0. The summed E-state index contributed by atoms with van der Waals surface area (Å²) in [6.45, 7) is 0.0971. The maximum absolute atomic E-state index is 14.0. The first-order valence-corrected chi connectivity index (χ1v) is 14.7. The third-order valence-electron chi connectivity index (χ3n) is 7.17. The molecule has 1 unspecified atom stereocenters. The predicted molar refractivity (Wildman–Crippen MR) is 165 cm³/mol. The van der Waals surface area contributed by atoms with Crippen molar-refractivity contribution in [2.75, 3.05) is 24.3 Å². The van der Waals surface area contributed by atoms with E-state index in [9.17, 15) is 14.0 Å². The van der Waals surface area contributed by atoms with Crippen molar-refractivity contribution in [3.63, 3.8) is 0 Å². The predicted octanol–water partition coefficient (Wildman–Crippen LogP) is 5.57. The highest BCUT2D eigenvalue weighted by molar-refractivity contribution is 8.00. The SMILES string of the molecule is COc1ccc(-n2nc(-c3ccccc3)c3c2N(CC(=O)NCc2ccncc2)C(=O)CSC3c2ccc(F)cc2)cc1. The van der Waals surface area contributed by atoms with Gasteiger partial charge in [-0.3, -0.25) is 19.5 Å². The van der Waals surface area contributed by atoms with Crippen molar-refractivity contribution in [3.05, 3.63) is 126 Å². The number of amides is 2. The molecule has 3 heterocycles. The molecular weight excluding hydrogens is 565 g/mol. The Hall–Kier alpha value is -4.96. The highest BCUT2D eigenvalue weighted by atomic mass is 32.2. The lowest BCUT2D eigenvalue weighted by molar-refractivity contribution is -0.123. The molecule has 1 aliphatic rings. The number of halogens is 1. The number of ether oxygens (including phenoxy) is 1. The third-order valence-corrected chi connectivity index (χ3v) is 8.42. The molecule has 5 aromatic rings. The van der Waals surface area contributed by atoms with E-state index in [0.29, 0.717) is 29.5 Å². The van der Waals surface area contributed by atoms with Gasteiger partial charge in [0.15, 0.2) is 0 Å². The Morgan fingerprint density at radius 3 is 2.42 bits per heavy atom. The fourth-order valence-corrected chi connectivity index (χ4v) is 6.23. The van der Waals surface area contributed by atoms with E-state index in [0.717, 1.165) is 22.3 Å². The summed E-state index contributed by atoms with van der Waals surface area (Å²) in [5.41, 5.74) is 4.72. The Bertz CT molecular complexity index is 1730. The van der Waals surface area contributed by atoms with Crippen LogP contribution in [0.3, 0.4) is 0 Å². The molecule has 0 bridgehead atoms. The molecule has 3 aromatic carbocycles. The fraction of sp³-hybridized carbons (Fsp3) is 0.152. The molecule has 0 spiro atoms. The summed E-state index contributed by atoms with van der Waals surface area (Å²) in [5, 5.41) is 7.63. The first-order chi connectivity index (χ1) is 21.0. The number of fused-ring (bicyclic) bond motifs is 1. The topological polar surface area (TPSA) is 89.3 Å². The summed E-state index contributed by atoms with van der Waals surface area (Å²) in [6.07, 6.45) is 3.33. The van der Waals surface area contributed by atoms with Gasteiger partial charge in [0.25, 0.3) is 0 Å². The number of nitrogens with zero attached hydrogens (tertiary/aromatic N) is 4. The van der Waals surface area contributed by atoms with Gasteiger partial charge in [-0.2, -0.15) is 5.10 Å². The molecule has 0 saturated carbocycles. The van der Waals surface area contributed by atoms with Gasteiger partial charge < -0.3 is 10.1 Å². The number of benzene rings is 3. The second-order valence-electron chi connectivity index (χ2n) is 9.92. The van der Waals surface area contributed by atoms with Crippen LogP contribution >= 0.6 is 11.8 Å². The van der Waals surface area contributed by atoms with Crippen LogP contribution in [0.4, 0.5) is 10.2 Å². The molecule has 0 saturated heterocycles. The van der Waals surface area contributed by atoms with Gasteiger partial charge in [-0.15, -0.1) is 11.8 Å². The van der Waals surface area contributed by atoms with Crippen molar-refractivity contribution in [1.82, 2.24) is 20.1 Å². The maximum atomic E-state index is 14.0. The lowest BCUT2D eigenvalue weighted by Gasteiger charge is -2.23. The Balaban J connectivity index is 1.51. The van der Waals surface area contributed by atoms with Crippen molar-refractivity contribution in [2.24, 2.45) is 0 Å². The van der Waals surface area contributed by atoms with E-state index in [-0.39, 0.29) is 35.2 Å². The van der Waals surface area contributed by atoms with Gasteiger partial charge in [-0.1, -0.05) is 42.5 Å². The number of carbonyl (C=O) groups is 2. The van der Waals surface area contributed by atoms with Gasteiger partial charge in [-0.05, 0) is 59.7 Å². The van der Waals surface area contributed by atoms with E-state index >= 15 is 0 Å². The molecule has 2 amide bonds. The van der Waals surface area contributed by atoms with Gasteiger partial charge in [0.05, 0.1) is 29.5 Å². The van der Waals surface area contributed by atoms with Gasteiger partial charge in [0.1, 0.15) is 23.9 Å². The lowest BCUT2D eigenvalue weighted by atomic mass is 9.99. The van der Waals surface area contributed by atoms with E-state index in [1.807, 2.05) is 66.7 Å². The van der Waals surface area contributed by atoms with Crippen molar-refractivity contribution in [2.45, 2.75) is 11.8 Å². The van der Waals surface area contributed by atoms with Gasteiger partial charge >= 0.3 is 0 Å². The fourth-order valence-electron chi connectivity index (χ4n) is 5.03. The Morgan fingerprint density at radius 1 is 1.00 bits per heavy atom. The molecule has 10 heteroatoms. The van der Waals surface area contributed by atoms with Crippen molar-refractivity contribution in [3.8, 4) is 22.7 Å². The third kappa shape index (κ3) is 6.00. The van der Waals surface area contributed by atoms with Gasteiger partial charge in [-0.25, -0.2) is 9.07 Å².